The Morgan fingerprint density at radius 3 is 2.04 bits per heavy atom. The predicted octanol–water partition coefficient (Wildman–Crippen LogP) is 5.92. The molecule has 2 aliphatic rings. The van der Waals surface area contributed by atoms with Crippen LogP contribution in [-0.4, -0.2) is 5.97 Å². The Morgan fingerprint density at radius 2 is 1.46 bits per heavy atom. The van der Waals surface area contributed by atoms with Crippen LogP contribution < -0.4 is 4.74 Å². The van der Waals surface area contributed by atoms with E-state index in [2.05, 4.69) is 6.92 Å². The van der Waals surface area contributed by atoms with Gasteiger partial charge in [0.25, 0.3) is 0 Å². The number of hydrogen-bond donors (Lipinski definition) is 0. The molecule has 2 nitrogen and oxygen atoms in total. The van der Waals surface area contributed by atoms with E-state index in [0.717, 1.165) is 30.6 Å². The molecule has 2 aliphatic carbocycles. The molecular formula is C22H32O2. The number of rotatable bonds is 4. The molecule has 0 aromatic heterocycles. The zero-order valence-electron chi connectivity index (χ0n) is 15.3. The van der Waals surface area contributed by atoms with Gasteiger partial charge in [0.15, 0.2) is 0 Å². The summed E-state index contributed by atoms with van der Waals surface area (Å²) in [4.78, 5) is 12.4. The van der Waals surface area contributed by atoms with Gasteiger partial charge in [-0.1, -0.05) is 50.3 Å². The molecule has 0 spiro atoms. The summed E-state index contributed by atoms with van der Waals surface area (Å²) in [5, 5.41) is 0. The second kappa shape index (κ2) is 8.18. The van der Waals surface area contributed by atoms with Gasteiger partial charge in [-0.25, -0.2) is 0 Å². The molecular weight excluding hydrogens is 296 g/mol. The highest BCUT2D eigenvalue weighted by molar-refractivity contribution is 5.75. The summed E-state index contributed by atoms with van der Waals surface area (Å²) < 4.78 is 5.57. The second-order valence-electron chi connectivity index (χ2n) is 8.31. The first-order chi connectivity index (χ1) is 11.6. The van der Waals surface area contributed by atoms with Crippen LogP contribution in [0.4, 0.5) is 0 Å². The van der Waals surface area contributed by atoms with Crippen LogP contribution in [0.1, 0.15) is 70.3 Å². The lowest BCUT2D eigenvalue weighted by molar-refractivity contribution is -0.140. The van der Waals surface area contributed by atoms with Gasteiger partial charge in [0.05, 0.1) is 5.92 Å². The van der Waals surface area contributed by atoms with Crippen molar-refractivity contribution >= 4 is 5.97 Å². The van der Waals surface area contributed by atoms with Crippen LogP contribution >= 0.6 is 0 Å². The Kier molecular flexibility index (Phi) is 5.97. The third kappa shape index (κ3) is 4.84. The fraction of sp³-hybridized carbons (Fsp3) is 0.682. The highest BCUT2D eigenvalue weighted by atomic mass is 16.5. The molecule has 2 heteroatoms. The molecule has 0 amide bonds. The maximum absolute atomic E-state index is 12.4. The lowest BCUT2D eigenvalue weighted by atomic mass is 9.73. The molecule has 3 rings (SSSR count). The molecule has 0 aliphatic heterocycles. The Balaban J connectivity index is 1.41. The predicted molar refractivity (Wildman–Crippen MR) is 98.0 cm³/mol. The van der Waals surface area contributed by atoms with Crippen LogP contribution in [-0.2, 0) is 4.79 Å². The minimum atomic E-state index is -0.0243. The lowest BCUT2D eigenvalue weighted by Gasteiger charge is -2.32. The van der Waals surface area contributed by atoms with Crippen LogP contribution in [0.2, 0.25) is 0 Å². The molecule has 0 N–H and O–H groups in total. The van der Waals surface area contributed by atoms with E-state index in [-0.39, 0.29) is 11.9 Å². The van der Waals surface area contributed by atoms with Gasteiger partial charge in [-0.3, -0.25) is 4.79 Å². The number of carbonyl (C=O) groups is 1. The van der Waals surface area contributed by atoms with Crippen molar-refractivity contribution in [1.29, 1.82) is 0 Å². The topological polar surface area (TPSA) is 26.3 Å². The fourth-order valence-corrected chi connectivity index (χ4v) is 4.48. The van der Waals surface area contributed by atoms with Crippen molar-refractivity contribution in [3.63, 3.8) is 0 Å². The maximum Gasteiger partial charge on any atom is 0.314 e. The van der Waals surface area contributed by atoms with E-state index in [0.29, 0.717) is 5.75 Å². The molecule has 1 aromatic rings. The molecule has 0 saturated heterocycles. The van der Waals surface area contributed by atoms with E-state index >= 15 is 0 Å². The smallest absolute Gasteiger partial charge is 0.314 e. The molecule has 2 fully saturated rings. The summed E-state index contributed by atoms with van der Waals surface area (Å²) in [6.07, 6.45) is 11.5. The van der Waals surface area contributed by atoms with Crippen LogP contribution in [0, 0.1) is 30.6 Å². The quantitative estimate of drug-likeness (QED) is 0.506. The van der Waals surface area contributed by atoms with Crippen molar-refractivity contribution < 1.29 is 9.53 Å². The zero-order chi connectivity index (χ0) is 16.9. The lowest BCUT2D eigenvalue weighted by Crippen LogP contribution is -2.27. The third-order valence-corrected chi connectivity index (χ3v) is 6.22. The Morgan fingerprint density at radius 1 is 0.917 bits per heavy atom. The van der Waals surface area contributed by atoms with Crippen LogP contribution in [0.15, 0.2) is 24.3 Å². The van der Waals surface area contributed by atoms with E-state index < -0.39 is 0 Å². The van der Waals surface area contributed by atoms with Gasteiger partial charge in [0, 0.05) is 0 Å². The first-order valence-corrected chi connectivity index (χ1v) is 9.88. The highest BCUT2D eigenvalue weighted by Gasteiger charge is 2.29. The van der Waals surface area contributed by atoms with Gasteiger partial charge < -0.3 is 4.74 Å². The molecule has 0 unspecified atom stereocenters. The fourth-order valence-electron chi connectivity index (χ4n) is 4.48. The van der Waals surface area contributed by atoms with E-state index in [1.807, 2.05) is 31.2 Å². The molecule has 132 valence electrons. The largest absolute Gasteiger partial charge is 0.426 e. The highest BCUT2D eigenvalue weighted by Crippen LogP contribution is 2.38. The van der Waals surface area contributed by atoms with Crippen molar-refractivity contribution in [2.45, 2.75) is 71.6 Å². The standard InChI is InChI=1S/C22H32O2/c1-16-3-7-18(8-4-16)15-19-9-11-20(12-10-19)22(23)24-21-13-5-17(2)6-14-21/h5-6,13-14,16,18-20H,3-4,7-12,15H2,1-2H3. The van der Waals surface area contributed by atoms with Gasteiger partial charge in [0.2, 0.25) is 0 Å². The first-order valence-electron chi connectivity index (χ1n) is 9.88. The number of benzene rings is 1. The van der Waals surface area contributed by atoms with Crippen LogP contribution in [0.25, 0.3) is 0 Å². The van der Waals surface area contributed by atoms with Crippen molar-refractivity contribution in [1.82, 2.24) is 0 Å². The van der Waals surface area contributed by atoms with E-state index in [1.165, 1.54) is 50.5 Å². The van der Waals surface area contributed by atoms with Gasteiger partial charge in [-0.2, -0.15) is 0 Å². The van der Waals surface area contributed by atoms with E-state index in [9.17, 15) is 4.79 Å². The van der Waals surface area contributed by atoms with Crippen molar-refractivity contribution in [2.24, 2.45) is 23.7 Å². The van der Waals surface area contributed by atoms with Crippen LogP contribution in [0.3, 0.4) is 0 Å². The molecule has 1 aromatic carbocycles. The first kappa shape index (κ1) is 17.5. The number of ether oxygens (including phenoxy) is 1. The number of hydrogen-bond acceptors (Lipinski definition) is 2. The minimum Gasteiger partial charge on any atom is -0.426 e. The normalized spacial score (nSPS) is 30.8. The SMILES string of the molecule is Cc1ccc(OC(=O)C2CCC(CC3CCC(C)CC3)CC2)cc1. The maximum atomic E-state index is 12.4. The van der Waals surface area contributed by atoms with Crippen molar-refractivity contribution in [2.75, 3.05) is 0 Å². The molecule has 2 saturated carbocycles. The summed E-state index contributed by atoms with van der Waals surface area (Å²) in [7, 11) is 0. The van der Waals surface area contributed by atoms with Gasteiger partial charge >= 0.3 is 5.97 Å². The summed E-state index contributed by atoms with van der Waals surface area (Å²) in [5.41, 5.74) is 1.19. The molecule has 0 radical (unpaired) electrons. The van der Waals surface area contributed by atoms with Gasteiger partial charge in [-0.15, -0.1) is 0 Å². The summed E-state index contributed by atoms with van der Waals surface area (Å²) in [6.45, 7) is 4.43. The third-order valence-electron chi connectivity index (χ3n) is 6.22. The van der Waals surface area contributed by atoms with E-state index in [1.54, 1.807) is 0 Å². The average Bonchev–Trinajstić information content (AvgIpc) is 2.59. The second-order valence-corrected chi connectivity index (χ2v) is 8.31. The summed E-state index contributed by atoms with van der Waals surface area (Å²) in [5.74, 6) is 3.49. The van der Waals surface area contributed by atoms with E-state index in [4.69, 9.17) is 4.74 Å². The monoisotopic (exact) mass is 328 g/mol. The number of esters is 1. The van der Waals surface area contributed by atoms with Crippen LogP contribution in [0.5, 0.6) is 5.75 Å². The minimum absolute atomic E-state index is 0.0243. The summed E-state index contributed by atoms with van der Waals surface area (Å²) >= 11 is 0. The Labute approximate surface area is 147 Å². The molecule has 0 bridgehead atoms. The van der Waals surface area contributed by atoms with Crippen molar-refractivity contribution in [3.05, 3.63) is 29.8 Å². The molecule has 0 atom stereocenters. The summed E-state index contributed by atoms with van der Waals surface area (Å²) in [6, 6.07) is 7.76. The number of carbonyl (C=O) groups excluding carboxylic acids is 1. The molecule has 24 heavy (non-hydrogen) atoms. The molecule has 0 heterocycles. The zero-order valence-corrected chi connectivity index (χ0v) is 15.3. The number of aryl methyl sites for hydroxylation is 1. The Bertz CT molecular complexity index is 517. The van der Waals surface area contributed by atoms with Crippen molar-refractivity contribution in [3.8, 4) is 5.75 Å². The van der Waals surface area contributed by atoms with Gasteiger partial charge in [0.1, 0.15) is 5.75 Å². The van der Waals surface area contributed by atoms with Gasteiger partial charge in [-0.05, 0) is 68.9 Å². The Hall–Kier alpha value is -1.31. The average molecular weight is 328 g/mol.